The highest BCUT2D eigenvalue weighted by atomic mass is 35.5. The number of nitrogens with one attached hydrogen (secondary N) is 1. The molecule has 0 saturated heterocycles. The van der Waals surface area contributed by atoms with E-state index in [0.717, 1.165) is 16.7 Å². The lowest BCUT2D eigenvalue weighted by atomic mass is 10.1. The summed E-state index contributed by atoms with van der Waals surface area (Å²) in [6.07, 6.45) is 0.624. The molecule has 6 nitrogen and oxygen atoms in total. The zero-order valence-electron chi connectivity index (χ0n) is 21.4. The standard InChI is InChI=1S/C30H30ClFN2O4/c1-36-27-12-10-21(17-29(27)37-2)14-15-33-30(35)28-13-11-25(38-28)20-34(18-22-6-5-8-24(32)16-22)19-23-7-3-4-9-26(23)31/h3-13,16-17H,14-15,18-20H2,1-2H3,(H,33,35). The first-order chi connectivity index (χ1) is 18.4. The van der Waals surface area contributed by atoms with E-state index in [1.165, 1.54) is 12.1 Å². The Labute approximate surface area is 226 Å². The molecule has 198 valence electrons. The van der Waals surface area contributed by atoms with Crippen molar-refractivity contribution < 1.29 is 23.1 Å². The Kier molecular flexibility index (Phi) is 9.40. The molecule has 4 rings (SSSR count). The number of hydrogen-bond donors (Lipinski definition) is 1. The maximum atomic E-state index is 13.8. The smallest absolute Gasteiger partial charge is 0.287 e. The van der Waals surface area contributed by atoms with Crippen molar-refractivity contribution in [3.05, 3.63) is 118 Å². The van der Waals surface area contributed by atoms with Crippen LogP contribution >= 0.6 is 11.6 Å². The highest BCUT2D eigenvalue weighted by Crippen LogP contribution is 2.27. The van der Waals surface area contributed by atoms with Gasteiger partial charge in [-0.05, 0) is 65.6 Å². The zero-order chi connectivity index (χ0) is 26.9. The van der Waals surface area contributed by atoms with Gasteiger partial charge in [-0.3, -0.25) is 9.69 Å². The van der Waals surface area contributed by atoms with E-state index >= 15 is 0 Å². The van der Waals surface area contributed by atoms with Crippen molar-refractivity contribution in [3.63, 3.8) is 0 Å². The van der Waals surface area contributed by atoms with Crippen LogP contribution in [0.5, 0.6) is 11.5 Å². The van der Waals surface area contributed by atoms with Gasteiger partial charge in [-0.15, -0.1) is 0 Å². The number of halogens is 2. The highest BCUT2D eigenvalue weighted by Gasteiger charge is 2.16. The van der Waals surface area contributed by atoms with Gasteiger partial charge in [0.05, 0.1) is 20.8 Å². The van der Waals surface area contributed by atoms with Crippen LogP contribution in [-0.4, -0.2) is 31.6 Å². The average Bonchev–Trinajstić information content (AvgIpc) is 3.38. The minimum Gasteiger partial charge on any atom is -0.493 e. The second-order valence-electron chi connectivity index (χ2n) is 8.83. The molecule has 4 aromatic rings. The molecular formula is C30H30ClFN2O4. The van der Waals surface area contributed by atoms with Crippen molar-refractivity contribution >= 4 is 17.5 Å². The van der Waals surface area contributed by atoms with Crippen LogP contribution in [0.3, 0.4) is 0 Å². The van der Waals surface area contributed by atoms with E-state index in [0.29, 0.717) is 54.9 Å². The summed E-state index contributed by atoms with van der Waals surface area (Å²) >= 11 is 6.39. The zero-order valence-corrected chi connectivity index (χ0v) is 22.1. The van der Waals surface area contributed by atoms with Gasteiger partial charge in [0.2, 0.25) is 0 Å². The first-order valence-corrected chi connectivity index (χ1v) is 12.6. The summed E-state index contributed by atoms with van der Waals surface area (Å²) in [5.74, 6) is 1.58. The van der Waals surface area contributed by atoms with Gasteiger partial charge in [0.1, 0.15) is 11.6 Å². The summed E-state index contributed by atoms with van der Waals surface area (Å²) in [4.78, 5) is 14.8. The number of furan rings is 1. The molecule has 0 radical (unpaired) electrons. The van der Waals surface area contributed by atoms with E-state index in [2.05, 4.69) is 10.2 Å². The van der Waals surface area contributed by atoms with Crippen LogP contribution in [0.4, 0.5) is 4.39 Å². The minimum absolute atomic E-state index is 0.232. The Morgan fingerprint density at radius 2 is 1.71 bits per heavy atom. The van der Waals surface area contributed by atoms with E-state index in [-0.39, 0.29) is 17.5 Å². The fraction of sp³-hybridized carbons (Fsp3) is 0.233. The maximum absolute atomic E-state index is 13.8. The summed E-state index contributed by atoms with van der Waals surface area (Å²) in [6.45, 7) is 1.86. The molecular weight excluding hydrogens is 507 g/mol. The SMILES string of the molecule is COc1ccc(CCNC(=O)c2ccc(CN(Cc3cccc(F)c3)Cc3ccccc3Cl)o2)cc1OC. The molecule has 0 aliphatic carbocycles. The number of methoxy groups -OCH3 is 2. The fourth-order valence-electron chi connectivity index (χ4n) is 4.18. The first kappa shape index (κ1) is 27.2. The molecule has 1 heterocycles. The van der Waals surface area contributed by atoms with E-state index in [1.807, 2.05) is 48.5 Å². The van der Waals surface area contributed by atoms with Crippen LogP contribution in [0.15, 0.2) is 83.3 Å². The second kappa shape index (κ2) is 13.1. The lowest BCUT2D eigenvalue weighted by Crippen LogP contribution is -2.25. The average molecular weight is 537 g/mol. The summed E-state index contributed by atoms with van der Waals surface area (Å²) < 4.78 is 30.3. The van der Waals surface area contributed by atoms with Crippen molar-refractivity contribution in [2.75, 3.05) is 20.8 Å². The molecule has 0 atom stereocenters. The van der Waals surface area contributed by atoms with E-state index in [4.69, 9.17) is 25.5 Å². The van der Waals surface area contributed by atoms with E-state index < -0.39 is 0 Å². The molecule has 1 amide bonds. The summed E-state index contributed by atoms with van der Waals surface area (Å²) in [5, 5.41) is 3.55. The van der Waals surface area contributed by atoms with E-state index in [1.54, 1.807) is 32.4 Å². The Hall–Kier alpha value is -3.81. The van der Waals surface area contributed by atoms with Crippen LogP contribution in [-0.2, 0) is 26.1 Å². The molecule has 0 aliphatic heterocycles. The largest absolute Gasteiger partial charge is 0.493 e. The van der Waals surface area contributed by atoms with Crippen molar-refractivity contribution in [1.82, 2.24) is 10.2 Å². The molecule has 38 heavy (non-hydrogen) atoms. The Balaban J connectivity index is 1.38. The van der Waals surface area contributed by atoms with Crippen molar-refractivity contribution in [2.24, 2.45) is 0 Å². The number of benzene rings is 3. The lowest BCUT2D eigenvalue weighted by Gasteiger charge is -2.22. The number of carbonyl (C=O) groups excluding carboxylic acids is 1. The number of hydrogen-bond acceptors (Lipinski definition) is 5. The van der Waals surface area contributed by atoms with Gasteiger partial charge < -0.3 is 19.2 Å². The monoisotopic (exact) mass is 536 g/mol. The van der Waals surface area contributed by atoms with Crippen LogP contribution in [0.25, 0.3) is 0 Å². The maximum Gasteiger partial charge on any atom is 0.287 e. The molecule has 0 saturated carbocycles. The fourth-order valence-corrected chi connectivity index (χ4v) is 4.37. The summed E-state index contributed by atoms with van der Waals surface area (Å²) in [5.41, 5.74) is 2.79. The number of carbonyl (C=O) groups is 1. The first-order valence-electron chi connectivity index (χ1n) is 12.2. The normalized spacial score (nSPS) is 11.0. The third-order valence-corrected chi connectivity index (χ3v) is 6.43. The molecule has 0 unspecified atom stereocenters. The Morgan fingerprint density at radius 1 is 0.895 bits per heavy atom. The van der Waals surface area contributed by atoms with Gasteiger partial charge >= 0.3 is 0 Å². The predicted octanol–water partition coefficient (Wildman–Crippen LogP) is 6.26. The predicted molar refractivity (Wildman–Crippen MR) is 145 cm³/mol. The van der Waals surface area contributed by atoms with Crippen molar-refractivity contribution in [2.45, 2.75) is 26.1 Å². The molecule has 0 bridgehead atoms. The molecule has 0 aliphatic rings. The van der Waals surface area contributed by atoms with Gasteiger partial charge in [0, 0.05) is 24.7 Å². The van der Waals surface area contributed by atoms with Gasteiger partial charge in [-0.1, -0.05) is 48.0 Å². The van der Waals surface area contributed by atoms with Crippen LogP contribution in [0.1, 0.15) is 33.0 Å². The van der Waals surface area contributed by atoms with Crippen molar-refractivity contribution in [3.8, 4) is 11.5 Å². The summed E-state index contributed by atoms with van der Waals surface area (Å²) in [6, 6.07) is 23.2. The topological polar surface area (TPSA) is 63.9 Å². The number of amides is 1. The molecule has 0 spiro atoms. The molecule has 1 N–H and O–H groups in total. The molecule has 1 aromatic heterocycles. The number of rotatable bonds is 12. The van der Waals surface area contributed by atoms with Gasteiger partial charge in [-0.2, -0.15) is 0 Å². The van der Waals surface area contributed by atoms with Crippen LogP contribution in [0, 0.1) is 5.82 Å². The van der Waals surface area contributed by atoms with Crippen molar-refractivity contribution in [1.29, 1.82) is 0 Å². The second-order valence-corrected chi connectivity index (χ2v) is 9.23. The van der Waals surface area contributed by atoms with Crippen LogP contribution < -0.4 is 14.8 Å². The lowest BCUT2D eigenvalue weighted by molar-refractivity contribution is 0.0922. The van der Waals surface area contributed by atoms with E-state index in [9.17, 15) is 9.18 Å². The highest BCUT2D eigenvalue weighted by molar-refractivity contribution is 6.31. The molecule has 8 heteroatoms. The molecule has 0 fully saturated rings. The number of ether oxygens (including phenoxy) is 2. The van der Waals surface area contributed by atoms with Crippen LogP contribution in [0.2, 0.25) is 5.02 Å². The Bertz CT molecular complexity index is 1370. The quantitative estimate of drug-likeness (QED) is 0.231. The summed E-state index contributed by atoms with van der Waals surface area (Å²) in [7, 11) is 3.18. The minimum atomic E-state index is -0.292. The third kappa shape index (κ3) is 7.37. The Morgan fingerprint density at radius 3 is 2.47 bits per heavy atom. The third-order valence-electron chi connectivity index (χ3n) is 6.06. The number of nitrogens with zero attached hydrogens (tertiary/aromatic N) is 1. The van der Waals surface area contributed by atoms with Gasteiger partial charge in [-0.25, -0.2) is 4.39 Å². The van der Waals surface area contributed by atoms with Gasteiger partial charge in [0.15, 0.2) is 17.3 Å². The molecule has 3 aromatic carbocycles. The van der Waals surface area contributed by atoms with Gasteiger partial charge in [0.25, 0.3) is 5.91 Å².